The molecule has 0 heterocycles. The second-order valence-electron chi connectivity index (χ2n) is 17.5. The van der Waals surface area contributed by atoms with Crippen LogP contribution in [0.3, 0.4) is 0 Å². The molecule has 10 aromatic carbocycles. The summed E-state index contributed by atoms with van der Waals surface area (Å²) in [5.41, 5.74) is 28.8. The molecule has 12 rings (SSSR count). The van der Waals surface area contributed by atoms with E-state index >= 15 is 0 Å². The number of benzene rings is 10. The summed E-state index contributed by atoms with van der Waals surface area (Å²) in [5, 5.41) is 17.3. The number of hydrogen-bond donors (Lipinski definition) is 0. The molecule has 0 bridgehead atoms. The molecule has 2 aliphatic rings. The van der Waals surface area contributed by atoms with Gasteiger partial charge in [0.25, 0.3) is 0 Å². The lowest BCUT2D eigenvalue weighted by Crippen LogP contribution is -2.00. The van der Waals surface area contributed by atoms with E-state index in [-0.39, 0.29) is 0 Å². The second kappa shape index (κ2) is 11.0. The van der Waals surface area contributed by atoms with Gasteiger partial charge in [0, 0.05) is 0 Å². The van der Waals surface area contributed by atoms with Gasteiger partial charge in [-0.2, -0.15) is 0 Å². The maximum Gasteiger partial charge on any atom is -0.000782 e. The lowest BCUT2D eigenvalue weighted by atomic mass is 9.79. The molecule has 0 amide bonds. The highest BCUT2D eigenvalue weighted by molar-refractivity contribution is 6.36. The van der Waals surface area contributed by atoms with Crippen molar-refractivity contribution in [2.75, 3.05) is 0 Å². The highest BCUT2D eigenvalue weighted by Crippen LogP contribution is 2.59. The van der Waals surface area contributed by atoms with Crippen molar-refractivity contribution in [3.05, 3.63) is 140 Å². The molecule has 10 aromatic rings. The lowest BCUT2D eigenvalue weighted by Gasteiger charge is -2.24. The minimum absolute atomic E-state index is 1.35. The Bertz CT molecular complexity index is 3450. The fourth-order valence-electron chi connectivity index (χ4n) is 11.8. The van der Waals surface area contributed by atoms with Gasteiger partial charge >= 0.3 is 0 Å². The van der Waals surface area contributed by atoms with Gasteiger partial charge in [0.05, 0.1) is 0 Å². The first-order valence-corrected chi connectivity index (χ1v) is 20.5. The molecule has 0 saturated carbocycles. The normalized spacial score (nSPS) is 12.6. The Balaban J connectivity index is 0.000000138. The summed E-state index contributed by atoms with van der Waals surface area (Å²) in [6, 6.07) is 27.3. The predicted octanol–water partition coefficient (Wildman–Crippen LogP) is 16.2. The number of hydrogen-bond acceptors (Lipinski definition) is 0. The Morgan fingerprint density at radius 2 is 0.839 bits per heavy atom. The van der Waals surface area contributed by atoms with Crippen LogP contribution in [-0.4, -0.2) is 0 Å². The lowest BCUT2D eigenvalue weighted by molar-refractivity contribution is 1.22. The average Bonchev–Trinajstić information content (AvgIpc) is 3.73. The largest absolute Gasteiger partial charge is 0.0616 e. The van der Waals surface area contributed by atoms with Crippen LogP contribution in [0.15, 0.2) is 72.8 Å². The summed E-state index contributed by atoms with van der Waals surface area (Å²) in [6.45, 7) is 27.9. The Morgan fingerprint density at radius 1 is 0.250 bits per heavy atom. The molecule has 0 fully saturated rings. The molecule has 56 heavy (non-hydrogen) atoms. The van der Waals surface area contributed by atoms with Crippen molar-refractivity contribution in [3.8, 4) is 44.5 Å². The van der Waals surface area contributed by atoms with Crippen molar-refractivity contribution < 1.29 is 0 Å². The molecular formula is C56H48. The van der Waals surface area contributed by atoms with Crippen LogP contribution in [0.5, 0.6) is 0 Å². The fourth-order valence-corrected chi connectivity index (χ4v) is 11.8. The third kappa shape index (κ3) is 3.81. The van der Waals surface area contributed by atoms with Crippen LogP contribution in [0.25, 0.3) is 109 Å². The first-order valence-electron chi connectivity index (χ1n) is 20.5. The molecule has 2 aliphatic carbocycles. The molecular weight excluding hydrogens is 673 g/mol. The molecule has 0 unspecified atom stereocenters. The van der Waals surface area contributed by atoms with Crippen molar-refractivity contribution in [1.29, 1.82) is 0 Å². The van der Waals surface area contributed by atoms with Crippen molar-refractivity contribution in [3.63, 3.8) is 0 Å². The molecule has 272 valence electrons. The third-order valence-corrected chi connectivity index (χ3v) is 15.1. The molecule has 0 aromatic heterocycles. The summed E-state index contributed by atoms with van der Waals surface area (Å²) >= 11 is 0. The highest BCUT2D eigenvalue weighted by Gasteiger charge is 2.34. The van der Waals surface area contributed by atoms with Gasteiger partial charge in [-0.05, 0) is 265 Å². The maximum absolute atomic E-state index is 2.47. The minimum Gasteiger partial charge on any atom is -0.0616 e. The molecule has 0 heteroatoms. The zero-order valence-electron chi connectivity index (χ0n) is 34.9. The SMILES string of the molecule is Cc1c(C)c(C)c2c(c1C)-c1c(C)c(C)c3c(C)cc4c(C)c(C)c(C)c5c(C)c-2c1c3c45.Cc1cc2ccc3c4c(cc5cccc1c5c24)-c1ccccc1-3. The van der Waals surface area contributed by atoms with E-state index in [0.29, 0.717) is 0 Å². The molecule has 0 spiro atoms. The Labute approximate surface area is 330 Å². The number of aryl methyl sites for hydroxylation is 6. The van der Waals surface area contributed by atoms with Gasteiger partial charge in [-0.15, -0.1) is 0 Å². The predicted molar refractivity (Wildman–Crippen MR) is 246 cm³/mol. The molecule has 0 saturated heterocycles. The van der Waals surface area contributed by atoms with Crippen LogP contribution in [0, 0.1) is 83.1 Å². The molecule has 0 aliphatic heterocycles. The van der Waals surface area contributed by atoms with Gasteiger partial charge in [-0.25, -0.2) is 0 Å². The number of rotatable bonds is 0. The Kier molecular flexibility index (Phi) is 6.59. The fraction of sp³-hybridized carbons (Fsp3) is 0.214. The topological polar surface area (TPSA) is 0 Å². The van der Waals surface area contributed by atoms with E-state index in [4.69, 9.17) is 0 Å². The maximum atomic E-state index is 2.47. The first kappa shape index (κ1) is 33.6. The smallest absolute Gasteiger partial charge is 0.000782 e. The van der Waals surface area contributed by atoms with Gasteiger partial charge in [-0.1, -0.05) is 66.7 Å². The molecule has 0 atom stereocenters. The van der Waals surface area contributed by atoms with Gasteiger partial charge < -0.3 is 0 Å². The summed E-state index contributed by atoms with van der Waals surface area (Å²) in [5.74, 6) is 0. The van der Waals surface area contributed by atoms with Crippen molar-refractivity contribution in [2.24, 2.45) is 0 Å². The van der Waals surface area contributed by atoms with Crippen LogP contribution < -0.4 is 0 Å². The van der Waals surface area contributed by atoms with E-state index in [9.17, 15) is 0 Å². The van der Waals surface area contributed by atoms with Crippen LogP contribution >= 0.6 is 0 Å². The summed E-state index contributed by atoms with van der Waals surface area (Å²) in [4.78, 5) is 0. The second-order valence-corrected chi connectivity index (χ2v) is 17.5. The van der Waals surface area contributed by atoms with Crippen molar-refractivity contribution in [2.45, 2.75) is 83.1 Å². The molecule has 0 N–H and O–H groups in total. The highest BCUT2D eigenvalue weighted by atomic mass is 14.4. The zero-order valence-corrected chi connectivity index (χ0v) is 34.9. The van der Waals surface area contributed by atoms with Crippen LogP contribution in [0.2, 0.25) is 0 Å². The molecule has 0 nitrogen and oxygen atoms in total. The van der Waals surface area contributed by atoms with E-state index in [0.717, 1.165) is 0 Å². The van der Waals surface area contributed by atoms with Gasteiger partial charge in [-0.3, -0.25) is 0 Å². The summed E-state index contributed by atoms with van der Waals surface area (Å²) < 4.78 is 0. The average molecular weight is 721 g/mol. The zero-order chi connectivity index (χ0) is 39.0. The van der Waals surface area contributed by atoms with Crippen LogP contribution in [-0.2, 0) is 0 Å². The summed E-state index contributed by atoms with van der Waals surface area (Å²) in [6.07, 6.45) is 0. The van der Waals surface area contributed by atoms with Gasteiger partial charge in [0.1, 0.15) is 0 Å². The number of fused-ring (bicyclic) bond motifs is 6. The van der Waals surface area contributed by atoms with Crippen LogP contribution in [0.4, 0.5) is 0 Å². The quantitative estimate of drug-likeness (QED) is 0.137. The van der Waals surface area contributed by atoms with Crippen molar-refractivity contribution >= 4 is 64.6 Å². The Morgan fingerprint density at radius 3 is 1.54 bits per heavy atom. The monoisotopic (exact) mass is 720 g/mol. The summed E-state index contributed by atoms with van der Waals surface area (Å²) in [7, 11) is 0. The minimum atomic E-state index is 1.35. The van der Waals surface area contributed by atoms with E-state index in [2.05, 4.69) is 156 Å². The van der Waals surface area contributed by atoms with E-state index in [1.165, 1.54) is 176 Å². The standard InChI is InChI=1S/C33H34.C23H14/c1-13-12-24-17(5)16(4)18(6)26-23(11)30-28-20(8)15(3)14(2)19(7)27(28)29-22(10)21(9)25(13)32(31(24)26)33(29)30;1-13-11-15-9-10-19-17-6-2-3-7-18(17)20-12-14-5-4-8-16(13)21(14)22(15)23(19)20/h12H,1-11H3;2-12H,1H3. The first-order chi connectivity index (χ1) is 26.8. The Hall–Kier alpha value is -5.72. The van der Waals surface area contributed by atoms with Gasteiger partial charge in [0.15, 0.2) is 0 Å². The van der Waals surface area contributed by atoms with E-state index in [1.54, 1.807) is 0 Å². The van der Waals surface area contributed by atoms with E-state index < -0.39 is 0 Å². The van der Waals surface area contributed by atoms with Crippen molar-refractivity contribution in [1.82, 2.24) is 0 Å². The van der Waals surface area contributed by atoms with Gasteiger partial charge in [0.2, 0.25) is 0 Å². The van der Waals surface area contributed by atoms with Crippen LogP contribution in [0.1, 0.15) is 66.8 Å². The molecule has 0 radical (unpaired) electrons. The van der Waals surface area contributed by atoms with E-state index in [1.807, 2.05) is 0 Å². The third-order valence-electron chi connectivity index (χ3n) is 15.1.